The van der Waals surface area contributed by atoms with Gasteiger partial charge in [-0.15, -0.1) is 0 Å². The summed E-state index contributed by atoms with van der Waals surface area (Å²) in [4.78, 5) is 19.7. The maximum atomic E-state index is 11.5. The number of nitrogens with two attached hydrogens (primary N) is 1. The molecule has 0 atom stereocenters. The Balaban J connectivity index is 1.69. The number of nitrogens with zero attached hydrogens (tertiary/aromatic N) is 2. The molecule has 0 spiro atoms. The van der Waals surface area contributed by atoms with Crippen molar-refractivity contribution in [2.45, 2.75) is 38.6 Å². The predicted molar refractivity (Wildman–Crippen MR) is 73.5 cm³/mol. The Kier molecular flexibility index (Phi) is 4.51. The highest BCUT2D eigenvalue weighted by Gasteiger charge is 2.22. The maximum Gasteiger partial charge on any atom is 0.239 e. The van der Waals surface area contributed by atoms with Crippen molar-refractivity contribution in [2.75, 3.05) is 17.3 Å². The van der Waals surface area contributed by atoms with Gasteiger partial charge in [0.1, 0.15) is 5.82 Å². The van der Waals surface area contributed by atoms with Gasteiger partial charge in [0, 0.05) is 30.8 Å². The van der Waals surface area contributed by atoms with Crippen LogP contribution in [0, 0.1) is 6.92 Å². The number of amides is 1. The molecule has 1 heterocycles. The minimum absolute atomic E-state index is 0.132. The Bertz CT molecular complexity index is 446. The van der Waals surface area contributed by atoms with Gasteiger partial charge < -0.3 is 10.6 Å². The first kappa shape index (κ1) is 13.5. The Labute approximate surface area is 112 Å². The van der Waals surface area contributed by atoms with Crippen molar-refractivity contribution in [2.24, 2.45) is 5.84 Å². The van der Waals surface area contributed by atoms with Crippen molar-refractivity contribution in [1.29, 1.82) is 0 Å². The molecule has 0 aromatic carbocycles. The van der Waals surface area contributed by atoms with E-state index >= 15 is 0 Å². The third kappa shape index (κ3) is 4.70. The minimum Gasteiger partial charge on any atom is -0.370 e. The number of hydrazine groups is 1. The van der Waals surface area contributed by atoms with E-state index in [0.717, 1.165) is 25.0 Å². The monoisotopic (exact) mass is 264 g/mol. The average molecular weight is 264 g/mol. The highest BCUT2D eigenvalue weighted by molar-refractivity contribution is 5.76. The molecule has 0 unspecified atom stereocenters. The Morgan fingerprint density at radius 1 is 1.47 bits per heavy atom. The molecule has 1 fully saturated rings. The molecule has 7 heteroatoms. The summed E-state index contributed by atoms with van der Waals surface area (Å²) in [6.07, 6.45) is 3.56. The van der Waals surface area contributed by atoms with E-state index in [1.807, 2.05) is 13.0 Å². The molecule has 0 bridgehead atoms. The first-order valence-electron chi connectivity index (χ1n) is 6.53. The van der Waals surface area contributed by atoms with Crippen molar-refractivity contribution in [3.8, 4) is 0 Å². The number of rotatable bonds is 7. The van der Waals surface area contributed by atoms with Crippen molar-refractivity contribution in [1.82, 2.24) is 15.3 Å². The highest BCUT2D eigenvalue weighted by atomic mass is 16.1. The van der Waals surface area contributed by atoms with E-state index in [0.29, 0.717) is 30.8 Å². The fraction of sp³-hybridized carbons (Fsp3) is 0.583. The normalized spacial score (nSPS) is 14.0. The standard InChI is InChI=1S/C12H20N6O/c1-8-7-10(17-12(15-8)18-13)14-6-2-3-11(19)16-9-4-5-9/h7,9H,2-6,13H2,1H3,(H,16,19)(H2,14,15,17,18). The zero-order valence-electron chi connectivity index (χ0n) is 11.1. The van der Waals surface area contributed by atoms with Crippen LogP contribution < -0.4 is 21.9 Å². The van der Waals surface area contributed by atoms with Crippen LogP contribution in [0.25, 0.3) is 0 Å². The van der Waals surface area contributed by atoms with Gasteiger partial charge in [-0.25, -0.2) is 10.8 Å². The van der Waals surface area contributed by atoms with Crippen LogP contribution in [-0.2, 0) is 4.79 Å². The summed E-state index contributed by atoms with van der Waals surface area (Å²) < 4.78 is 0. The average Bonchev–Trinajstić information content (AvgIpc) is 3.18. The van der Waals surface area contributed by atoms with Gasteiger partial charge in [-0.2, -0.15) is 4.98 Å². The zero-order chi connectivity index (χ0) is 13.7. The highest BCUT2D eigenvalue weighted by Crippen LogP contribution is 2.18. The number of hydrogen-bond acceptors (Lipinski definition) is 6. The maximum absolute atomic E-state index is 11.5. The number of carbonyl (C=O) groups is 1. The summed E-state index contributed by atoms with van der Waals surface area (Å²) in [6, 6.07) is 2.27. The molecule has 1 saturated carbocycles. The summed E-state index contributed by atoms with van der Waals surface area (Å²) in [5.41, 5.74) is 3.25. The second kappa shape index (κ2) is 6.33. The molecule has 1 amide bonds. The van der Waals surface area contributed by atoms with Gasteiger partial charge in [-0.05, 0) is 26.2 Å². The van der Waals surface area contributed by atoms with Crippen LogP contribution in [-0.4, -0.2) is 28.5 Å². The summed E-state index contributed by atoms with van der Waals surface area (Å²) in [5.74, 6) is 6.51. The molecule has 104 valence electrons. The third-order valence-electron chi connectivity index (χ3n) is 2.81. The van der Waals surface area contributed by atoms with Gasteiger partial charge in [-0.3, -0.25) is 10.2 Å². The van der Waals surface area contributed by atoms with E-state index in [2.05, 4.69) is 26.0 Å². The van der Waals surface area contributed by atoms with E-state index in [4.69, 9.17) is 5.84 Å². The van der Waals surface area contributed by atoms with E-state index < -0.39 is 0 Å². The molecule has 0 aliphatic heterocycles. The molecule has 19 heavy (non-hydrogen) atoms. The molecular formula is C12H20N6O. The molecule has 1 aromatic rings. The molecule has 5 N–H and O–H groups in total. The van der Waals surface area contributed by atoms with Gasteiger partial charge in [0.05, 0.1) is 0 Å². The van der Waals surface area contributed by atoms with Gasteiger partial charge >= 0.3 is 0 Å². The summed E-state index contributed by atoms with van der Waals surface area (Å²) in [5, 5.41) is 6.12. The Morgan fingerprint density at radius 3 is 2.95 bits per heavy atom. The van der Waals surface area contributed by atoms with E-state index in [1.54, 1.807) is 0 Å². The lowest BCUT2D eigenvalue weighted by atomic mass is 10.3. The second-order valence-corrected chi connectivity index (χ2v) is 4.73. The smallest absolute Gasteiger partial charge is 0.239 e. The first-order chi connectivity index (χ1) is 9.17. The number of hydrogen-bond donors (Lipinski definition) is 4. The number of nitrogen functional groups attached to an aromatic ring is 1. The van der Waals surface area contributed by atoms with E-state index in [-0.39, 0.29) is 5.91 Å². The van der Waals surface area contributed by atoms with Crippen LogP contribution in [0.2, 0.25) is 0 Å². The minimum atomic E-state index is 0.132. The van der Waals surface area contributed by atoms with Gasteiger partial charge in [0.15, 0.2) is 0 Å². The first-order valence-corrected chi connectivity index (χ1v) is 6.53. The lowest BCUT2D eigenvalue weighted by Crippen LogP contribution is -2.25. The molecular weight excluding hydrogens is 244 g/mol. The Morgan fingerprint density at radius 2 is 2.26 bits per heavy atom. The fourth-order valence-electron chi connectivity index (χ4n) is 1.72. The summed E-state index contributed by atoms with van der Waals surface area (Å²) in [7, 11) is 0. The number of aryl methyl sites for hydroxylation is 1. The van der Waals surface area contributed by atoms with Crippen LogP contribution in [0.3, 0.4) is 0 Å². The van der Waals surface area contributed by atoms with Crippen LogP contribution in [0.4, 0.5) is 11.8 Å². The largest absolute Gasteiger partial charge is 0.370 e. The molecule has 1 aliphatic carbocycles. The van der Waals surface area contributed by atoms with Crippen molar-refractivity contribution in [3.05, 3.63) is 11.8 Å². The lowest BCUT2D eigenvalue weighted by Gasteiger charge is -2.08. The topological polar surface area (TPSA) is 105 Å². The van der Waals surface area contributed by atoms with Crippen LogP contribution in [0.15, 0.2) is 6.07 Å². The molecule has 7 nitrogen and oxygen atoms in total. The van der Waals surface area contributed by atoms with E-state index in [1.165, 1.54) is 0 Å². The summed E-state index contributed by atoms with van der Waals surface area (Å²) >= 11 is 0. The Hall–Kier alpha value is -1.89. The lowest BCUT2D eigenvalue weighted by molar-refractivity contribution is -0.121. The molecule has 0 saturated heterocycles. The van der Waals surface area contributed by atoms with Gasteiger partial charge in [0.25, 0.3) is 0 Å². The van der Waals surface area contributed by atoms with Crippen molar-refractivity contribution >= 4 is 17.7 Å². The number of aromatic nitrogens is 2. The van der Waals surface area contributed by atoms with Gasteiger partial charge in [-0.1, -0.05) is 0 Å². The molecule has 1 aliphatic rings. The third-order valence-corrected chi connectivity index (χ3v) is 2.81. The number of carbonyl (C=O) groups excluding carboxylic acids is 1. The van der Waals surface area contributed by atoms with Crippen LogP contribution in [0.1, 0.15) is 31.4 Å². The molecule has 2 rings (SSSR count). The van der Waals surface area contributed by atoms with Gasteiger partial charge in [0.2, 0.25) is 11.9 Å². The fourth-order valence-corrected chi connectivity index (χ4v) is 1.72. The number of nitrogens with one attached hydrogen (secondary N) is 3. The second-order valence-electron chi connectivity index (χ2n) is 4.73. The van der Waals surface area contributed by atoms with E-state index in [9.17, 15) is 4.79 Å². The quantitative estimate of drug-likeness (QED) is 0.325. The molecule has 1 aromatic heterocycles. The van der Waals surface area contributed by atoms with Crippen molar-refractivity contribution in [3.63, 3.8) is 0 Å². The predicted octanol–water partition coefficient (Wildman–Crippen LogP) is 0.541. The molecule has 0 radical (unpaired) electrons. The number of anilines is 2. The van der Waals surface area contributed by atoms with Crippen molar-refractivity contribution < 1.29 is 4.79 Å². The van der Waals surface area contributed by atoms with Crippen LogP contribution >= 0.6 is 0 Å². The SMILES string of the molecule is Cc1cc(NCCCC(=O)NC2CC2)nc(NN)n1. The zero-order valence-corrected chi connectivity index (χ0v) is 11.1. The van der Waals surface area contributed by atoms with Crippen LogP contribution in [0.5, 0.6) is 0 Å². The summed E-state index contributed by atoms with van der Waals surface area (Å²) in [6.45, 7) is 2.56.